The topological polar surface area (TPSA) is 21.3 Å². The van der Waals surface area contributed by atoms with Gasteiger partial charge in [-0.3, -0.25) is 0 Å². The van der Waals surface area contributed by atoms with Crippen LogP contribution in [-0.2, 0) is 0 Å². The van der Waals surface area contributed by atoms with Gasteiger partial charge < -0.3 is 10.1 Å². The Labute approximate surface area is 127 Å². The van der Waals surface area contributed by atoms with Crippen LogP contribution in [0.4, 0.5) is 0 Å². The van der Waals surface area contributed by atoms with Crippen LogP contribution in [-0.4, -0.2) is 12.6 Å². The summed E-state index contributed by atoms with van der Waals surface area (Å²) in [5.74, 6) is 1.04. The first kappa shape index (κ1) is 12.7. The Morgan fingerprint density at radius 1 is 1.15 bits per heavy atom. The molecule has 2 aliphatic rings. The monoisotopic (exact) mass is 331 g/mol. The van der Waals surface area contributed by atoms with Gasteiger partial charge in [-0.25, -0.2) is 0 Å². The lowest BCUT2D eigenvalue weighted by molar-refractivity contribution is 0.314. The Kier molecular flexibility index (Phi) is 3.20. The fourth-order valence-corrected chi connectivity index (χ4v) is 3.74. The van der Waals surface area contributed by atoms with Gasteiger partial charge in [0.25, 0.3) is 0 Å². The zero-order valence-electron chi connectivity index (χ0n) is 11.4. The van der Waals surface area contributed by atoms with Crippen molar-refractivity contribution in [3.63, 3.8) is 0 Å². The van der Waals surface area contributed by atoms with Crippen LogP contribution >= 0.6 is 15.9 Å². The zero-order chi connectivity index (χ0) is 13.5. The molecule has 4 rings (SSSR count). The maximum absolute atomic E-state index is 6.03. The molecule has 0 aromatic heterocycles. The molecule has 0 spiro atoms. The van der Waals surface area contributed by atoms with E-state index in [4.69, 9.17) is 4.74 Å². The molecule has 2 nitrogen and oxygen atoms in total. The quantitative estimate of drug-likeness (QED) is 0.870. The van der Waals surface area contributed by atoms with Crippen LogP contribution in [0.3, 0.4) is 0 Å². The zero-order valence-corrected chi connectivity index (χ0v) is 12.9. The summed E-state index contributed by atoms with van der Waals surface area (Å²) in [6.45, 7) is 0.812. The fraction of sp³-hybridized carbons (Fsp3) is 0.412. The molecule has 0 radical (unpaired) electrons. The van der Waals surface area contributed by atoms with E-state index < -0.39 is 0 Å². The van der Waals surface area contributed by atoms with Crippen LogP contribution in [0.2, 0.25) is 0 Å². The Hall–Kier alpha value is -1.06. The molecule has 2 aromatic carbocycles. The molecule has 1 unspecified atom stereocenters. The van der Waals surface area contributed by atoms with E-state index in [1.807, 2.05) is 0 Å². The van der Waals surface area contributed by atoms with Gasteiger partial charge in [0.15, 0.2) is 0 Å². The summed E-state index contributed by atoms with van der Waals surface area (Å²) in [6, 6.07) is 12.0. The summed E-state index contributed by atoms with van der Waals surface area (Å²) in [7, 11) is 0. The predicted molar refractivity (Wildman–Crippen MR) is 85.3 cm³/mol. The van der Waals surface area contributed by atoms with Crippen LogP contribution in [0.1, 0.15) is 37.3 Å². The van der Waals surface area contributed by atoms with Gasteiger partial charge in [0.2, 0.25) is 0 Å². The van der Waals surface area contributed by atoms with Crippen LogP contribution in [0.15, 0.2) is 34.8 Å². The second-order valence-electron chi connectivity index (χ2n) is 5.81. The third-order valence-electron chi connectivity index (χ3n) is 4.24. The molecule has 1 N–H and O–H groups in total. The van der Waals surface area contributed by atoms with Crippen molar-refractivity contribution in [3.8, 4) is 5.75 Å². The second-order valence-corrected chi connectivity index (χ2v) is 6.61. The molecule has 1 fully saturated rings. The summed E-state index contributed by atoms with van der Waals surface area (Å²) in [5.41, 5.74) is 1.32. The highest BCUT2D eigenvalue weighted by atomic mass is 79.9. The Morgan fingerprint density at radius 2 is 2.00 bits per heavy atom. The highest BCUT2D eigenvalue weighted by Gasteiger charge is 2.29. The van der Waals surface area contributed by atoms with Gasteiger partial charge in [-0.2, -0.15) is 0 Å². The SMILES string of the molecule is Brc1c2c(cc3ccccc13)C(NC1CC1)CCCO2. The molecule has 104 valence electrons. The van der Waals surface area contributed by atoms with Gasteiger partial charge in [-0.15, -0.1) is 0 Å². The highest BCUT2D eigenvalue weighted by molar-refractivity contribution is 9.10. The molecule has 1 atom stereocenters. The third kappa shape index (κ3) is 2.23. The molecule has 0 amide bonds. The lowest BCUT2D eigenvalue weighted by Crippen LogP contribution is -2.23. The number of hydrogen-bond acceptors (Lipinski definition) is 2. The first-order valence-corrected chi connectivity index (χ1v) is 8.22. The highest BCUT2D eigenvalue weighted by Crippen LogP contribution is 2.42. The molecule has 1 aliphatic carbocycles. The summed E-state index contributed by atoms with van der Waals surface area (Å²) in [6.07, 6.45) is 4.92. The largest absolute Gasteiger partial charge is 0.492 e. The van der Waals surface area contributed by atoms with Gasteiger partial charge in [0.1, 0.15) is 5.75 Å². The fourth-order valence-electron chi connectivity index (χ4n) is 3.04. The first-order valence-electron chi connectivity index (χ1n) is 7.43. The number of benzene rings is 2. The first-order chi connectivity index (χ1) is 9.83. The second kappa shape index (κ2) is 5.05. The molecule has 2 aromatic rings. The van der Waals surface area contributed by atoms with E-state index in [0.717, 1.165) is 35.7 Å². The molecule has 0 saturated heterocycles. The van der Waals surface area contributed by atoms with Gasteiger partial charge in [0, 0.05) is 17.6 Å². The van der Waals surface area contributed by atoms with E-state index in [0.29, 0.717) is 6.04 Å². The number of fused-ring (bicyclic) bond motifs is 2. The minimum Gasteiger partial charge on any atom is -0.492 e. The van der Waals surface area contributed by atoms with E-state index in [-0.39, 0.29) is 0 Å². The molecule has 1 aliphatic heterocycles. The maximum atomic E-state index is 6.03. The number of halogens is 1. The van der Waals surface area contributed by atoms with Gasteiger partial charge in [-0.05, 0) is 58.5 Å². The van der Waals surface area contributed by atoms with Crippen molar-refractivity contribution in [2.75, 3.05) is 6.61 Å². The molecule has 1 saturated carbocycles. The predicted octanol–water partition coefficient (Wildman–Crippen LogP) is 4.57. The summed E-state index contributed by atoms with van der Waals surface area (Å²) < 4.78 is 7.14. The van der Waals surface area contributed by atoms with Crippen molar-refractivity contribution in [1.29, 1.82) is 0 Å². The number of rotatable bonds is 2. The van der Waals surface area contributed by atoms with Crippen LogP contribution in [0, 0.1) is 0 Å². The average molecular weight is 332 g/mol. The number of hydrogen-bond donors (Lipinski definition) is 1. The van der Waals surface area contributed by atoms with Gasteiger partial charge in [-0.1, -0.05) is 24.3 Å². The summed E-state index contributed by atoms with van der Waals surface area (Å²) >= 11 is 3.76. The molecular formula is C17H18BrNO. The van der Waals surface area contributed by atoms with Crippen LogP contribution < -0.4 is 10.1 Å². The van der Waals surface area contributed by atoms with Crippen molar-refractivity contribution >= 4 is 26.7 Å². The van der Waals surface area contributed by atoms with Crippen LogP contribution in [0.5, 0.6) is 5.75 Å². The van der Waals surface area contributed by atoms with E-state index in [2.05, 4.69) is 51.6 Å². The standard InChI is InChI=1S/C17H18BrNO/c18-16-13-5-2-1-4-11(13)10-14-15(19-12-7-8-12)6-3-9-20-17(14)16/h1-2,4-5,10,12,15,19H,3,6-9H2. The number of ether oxygens (including phenoxy) is 1. The van der Waals surface area contributed by atoms with Crippen molar-refractivity contribution < 1.29 is 4.74 Å². The third-order valence-corrected chi connectivity index (χ3v) is 5.03. The van der Waals surface area contributed by atoms with Gasteiger partial charge in [0.05, 0.1) is 11.1 Å². The lowest BCUT2D eigenvalue weighted by Gasteiger charge is -2.20. The Morgan fingerprint density at radius 3 is 2.85 bits per heavy atom. The summed E-state index contributed by atoms with van der Waals surface area (Å²) in [4.78, 5) is 0. The Bertz CT molecular complexity index is 651. The van der Waals surface area contributed by atoms with Gasteiger partial charge >= 0.3 is 0 Å². The average Bonchev–Trinajstić information content (AvgIpc) is 3.29. The minimum absolute atomic E-state index is 0.431. The van der Waals surface area contributed by atoms with Crippen molar-refractivity contribution in [3.05, 3.63) is 40.4 Å². The van der Waals surface area contributed by atoms with Crippen molar-refractivity contribution in [2.45, 2.75) is 37.8 Å². The maximum Gasteiger partial charge on any atom is 0.138 e. The smallest absolute Gasteiger partial charge is 0.138 e. The van der Waals surface area contributed by atoms with E-state index >= 15 is 0 Å². The van der Waals surface area contributed by atoms with E-state index in [1.54, 1.807) is 0 Å². The van der Waals surface area contributed by atoms with E-state index in [1.165, 1.54) is 29.2 Å². The summed E-state index contributed by atoms with van der Waals surface area (Å²) in [5, 5.41) is 6.30. The van der Waals surface area contributed by atoms with Crippen molar-refractivity contribution in [1.82, 2.24) is 5.32 Å². The molecule has 20 heavy (non-hydrogen) atoms. The van der Waals surface area contributed by atoms with Crippen LogP contribution in [0.25, 0.3) is 10.8 Å². The molecular weight excluding hydrogens is 314 g/mol. The lowest BCUT2D eigenvalue weighted by atomic mass is 9.98. The normalized spacial score (nSPS) is 22.1. The minimum atomic E-state index is 0.431. The van der Waals surface area contributed by atoms with E-state index in [9.17, 15) is 0 Å². The van der Waals surface area contributed by atoms with Crippen molar-refractivity contribution in [2.24, 2.45) is 0 Å². The molecule has 0 bridgehead atoms. The number of nitrogens with one attached hydrogen (secondary N) is 1. The molecule has 3 heteroatoms. The molecule has 1 heterocycles. The Balaban J connectivity index is 1.86.